The number of thiophene rings is 2. The molecule has 0 amide bonds. The van der Waals surface area contributed by atoms with E-state index >= 15 is 0 Å². The van der Waals surface area contributed by atoms with Crippen molar-refractivity contribution in [3.05, 3.63) is 249 Å². The van der Waals surface area contributed by atoms with Gasteiger partial charge in [-0.05, 0) is 120 Å². The van der Waals surface area contributed by atoms with Gasteiger partial charge in [0.2, 0.25) is 0 Å². The molecule has 3 nitrogen and oxygen atoms in total. The van der Waals surface area contributed by atoms with Crippen molar-refractivity contribution in [3.8, 4) is 0 Å². The fourth-order valence-electron chi connectivity index (χ4n) is 9.90. The van der Waals surface area contributed by atoms with Gasteiger partial charge < -0.3 is 14.7 Å². The molecule has 11 aromatic carbocycles. The van der Waals surface area contributed by atoms with Crippen LogP contribution >= 0.6 is 22.7 Å². The summed E-state index contributed by atoms with van der Waals surface area (Å²) in [4.78, 5) is 7.21. The van der Waals surface area contributed by atoms with Gasteiger partial charge in [0.25, 0.3) is 0 Å². The van der Waals surface area contributed by atoms with Crippen molar-refractivity contribution in [3.63, 3.8) is 0 Å². The molecule has 0 atom stereocenters. The number of hydrogen-bond acceptors (Lipinski definition) is 5. The molecule has 0 fully saturated rings. The zero-order valence-electron chi connectivity index (χ0n) is 36.3. The highest BCUT2D eigenvalue weighted by Crippen LogP contribution is 2.48. The minimum Gasteiger partial charge on any atom is -0.310 e. The first-order valence-electron chi connectivity index (χ1n) is 22.7. The molecular weight excluding hydrogens is 851 g/mol. The third-order valence-corrected chi connectivity index (χ3v) is 15.2. The Labute approximate surface area is 396 Å². The highest BCUT2D eigenvalue weighted by molar-refractivity contribution is 7.26. The SMILES string of the molecule is c1ccc(N(c2ccc3c(c2)sc2cc(N(c4ccc5ccccc5c4)c4cccc5c(N(c6ccccc6)c6ccccc6)cccc45)ccc23)c2ccc3sc4ccccc4c3c2)cc1. The largest absolute Gasteiger partial charge is 0.310 e. The van der Waals surface area contributed by atoms with E-state index in [1.165, 1.54) is 61.9 Å². The van der Waals surface area contributed by atoms with Crippen LogP contribution < -0.4 is 14.7 Å². The maximum absolute atomic E-state index is 2.45. The van der Waals surface area contributed by atoms with Crippen molar-refractivity contribution in [2.24, 2.45) is 0 Å². The van der Waals surface area contributed by atoms with Crippen LogP contribution in [-0.2, 0) is 0 Å². The molecule has 0 aliphatic carbocycles. The first kappa shape index (κ1) is 39.2. The predicted octanol–water partition coefficient (Wildman–Crippen LogP) is 19.1. The van der Waals surface area contributed by atoms with E-state index in [4.69, 9.17) is 0 Å². The summed E-state index contributed by atoms with van der Waals surface area (Å²) in [5.41, 5.74) is 10.1. The molecule has 0 radical (unpaired) electrons. The molecule has 67 heavy (non-hydrogen) atoms. The summed E-state index contributed by atoms with van der Waals surface area (Å²) in [5, 5.41) is 9.87. The Morgan fingerprint density at radius 1 is 0.209 bits per heavy atom. The molecule has 316 valence electrons. The van der Waals surface area contributed by atoms with E-state index in [2.05, 4.69) is 263 Å². The number of hydrogen-bond donors (Lipinski definition) is 0. The van der Waals surface area contributed by atoms with E-state index in [1.807, 2.05) is 22.7 Å². The summed E-state index contributed by atoms with van der Waals surface area (Å²) < 4.78 is 5.11. The Morgan fingerprint density at radius 3 is 1.27 bits per heavy atom. The van der Waals surface area contributed by atoms with Crippen molar-refractivity contribution < 1.29 is 0 Å². The lowest BCUT2D eigenvalue weighted by molar-refractivity contribution is 1.29. The second-order valence-corrected chi connectivity index (χ2v) is 19.1. The van der Waals surface area contributed by atoms with Crippen LogP contribution in [0.5, 0.6) is 0 Å². The molecular formula is C62H41N3S2. The first-order chi connectivity index (χ1) is 33.2. The third-order valence-electron chi connectivity index (χ3n) is 13.0. The number of rotatable bonds is 9. The van der Waals surface area contributed by atoms with Crippen molar-refractivity contribution in [1.82, 2.24) is 0 Å². The monoisotopic (exact) mass is 891 g/mol. The van der Waals surface area contributed by atoms with Gasteiger partial charge in [-0.1, -0.05) is 140 Å². The molecule has 13 aromatic rings. The Bertz CT molecular complexity index is 3910. The minimum atomic E-state index is 1.11. The second-order valence-electron chi connectivity index (χ2n) is 16.9. The minimum absolute atomic E-state index is 1.11. The topological polar surface area (TPSA) is 9.72 Å². The molecule has 0 saturated heterocycles. The lowest BCUT2D eigenvalue weighted by Gasteiger charge is -2.30. The fourth-order valence-corrected chi connectivity index (χ4v) is 12.2. The normalized spacial score (nSPS) is 11.6. The van der Waals surface area contributed by atoms with E-state index in [0.29, 0.717) is 0 Å². The van der Waals surface area contributed by atoms with Gasteiger partial charge in [-0.3, -0.25) is 0 Å². The molecule has 0 aliphatic heterocycles. The number of nitrogens with zero attached hydrogens (tertiary/aromatic N) is 3. The van der Waals surface area contributed by atoms with Crippen molar-refractivity contribution >= 4 is 136 Å². The first-order valence-corrected chi connectivity index (χ1v) is 24.3. The Kier molecular flexibility index (Phi) is 9.55. The summed E-state index contributed by atoms with van der Waals surface area (Å²) in [6.45, 7) is 0. The van der Waals surface area contributed by atoms with Crippen molar-refractivity contribution in [2.45, 2.75) is 0 Å². The molecule has 0 N–H and O–H groups in total. The van der Waals surface area contributed by atoms with E-state index in [0.717, 1.165) is 51.2 Å². The Balaban J connectivity index is 0.965. The molecule has 0 saturated carbocycles. The van der Waals surface area contributed by atoms with Crippen LogP contribution in [0.15, 0.2) is 249 Å². The van der Waals surface area contributed by atoms with Gasteiger partial charge in [0.15, 0.2) is 0 Å². The summed E-state index contributed by atoms with van der Waals surface area (Å²) in [6, 6.07) is 90.7. The molecule has 13 rings (SSSR count). The van der Waals surface area contributed by atoms with Crippen LogP contribution in [0.25, 0.3) is 61.9 Å². The molecule has 2 heterocycles. The van der Waals surface area contributed by atoms with Gasteiger partial charge in [-0.25, -0.2) is 0 Å². The number of fused-ring (bicyclic) bond motifs is 8. The maximum Gasteiger partial charge on any atom is 0.0540 e. The van der Waals surface area contributed by atoms with Gasteiger partial charge in [0.1, 0.15) is 0 Å². The summed E-state index contributed by atoms with van der Waals surface area (Å²) in [5.74, 6) is 0. The maximum atomic E-state index is 2.45. The Hall–Kier alpha value is -8.22. The molecule has 0 spiro atoms. The smallest absolute Gasteiger partial charge is 0.0540 e. The second kappa shape index (κ2) is 16.3. The highest BCUT2D eigenvalue weighted by Gasteiger charge is 2.22. The standard InChI is InChI=1S/C62H41N3S2/c1-4-18-44(19-5-1)63(48-34-37-60-56(39-48)53-24-12-13-29-59(53)66-60)49-32-35-54-55-36-33-50(41-62(55)67-61(54)40-49)65(47-31-30-42-16-10-11-17-43(42)38-47)58-28-15-25-51-52(58)26-14-27-57(51)64(45-20-6-2-7-21-45)46-22-8-3-9-23-46/h1-41H. The van der Waals surface area contributed by atoms with E-state index in [1.54, 1.807) is 0 Å². The van der Waals surface area contributed by atoms with Gasteiger partial charge in [0.05, 0.1) is 11.4 Å². The average Bonchev–Trinajstić information content (AvgIpc) is 3.95. The number of benzene rings is 11. The summed E-state index contributed by atoms with van der Waals surface area (Å²) >= 11 is 3.72. The van der Waals surface area contributed by atoms with Gasteiger partial charge >= 0.3 is 0 Å². The molecule has 0 aliphatic rings. The van der Waals surface area contributed by atoms with Crippen molar-refractivity contribution in [1.29, 1.82) is 0 Å². The number of anilines is 9. The predicted molar refractivity (Wildman–Crippen MR) is 291 cm³/mol. The van der Waals surface area contributed by atoms with Crippen LogP contribution in [0.4, 0.5) is 51.2 Å². The van der Waals surface area contributed by atoms with Crippen LogP contribution in [0.2, 0.25) is 0 Å². The van der Waals surface area contributed by atoms with Gasteiger partial charge in [-0.2, -0.15) is 0 Å². The van der Waals surface area contributed by atoms with Gasteiger partial charge in [0, 0.05) is 90.9 Å². The third kappa shape index (κ3) is 6.87. The van der Waals surface area contributed by atoms with E-state index in [-0.39, 0.29) is 0 Å². The van der Waals surface area contributed by atoms with Crippen LogP contribution in [0.1, 0.15) is 0 Å². The lowest BCUT2D eigenvalue weighted by Crippen LogP contribution is -2.12. The lowest BCUT2D eigenvalue weighted by atomic mass is 10.0. The fraction of sp³-hybridized carbons (Fsp3) is 0. The zero-order chi connectivity index (χ0) is 44.3. The number of para-hydroxylation sites is 3. The molecule has 2 aromatic heterocycles. The summed E-state index contributed by atoms with van der Waals surface area (Å²) in [7, 11) is 0. The highest BCUT2D eigenvalue weighted by atomic mass is 32.1. The average molecular weight is 892 g/mol. The molecule has 0 unspecified atom stereocenters. The van der Waals surface area contributed by atoms with E-state index in [9.17, 15) is 0 Å². The van der Waals surface area contributed by atoms with Crippen LogP contribution in [0, 0.1) is 0 Å². The van der Waals surface area contributed by atoms with Gasteiger partial charge in [-0.15, -0.1) is 22.7 Å². The Morgan fingerprint density at radius 2 is 0.627 bits per heavy atom. The van der Waals surface area contributed by atoms with Crippen LogP contribution in [0.3, 0.4) is 0 Å². The summed E-state index contributed by atoms with van der Waals surface area (Å²) in [6.07, 6.45) is 0. The van der Waals surface area contributed by atoms with Crippen molar-refractivity contribution in [2.75, 3.05) is 14.7 Å². The molecule has 0 bridgehead atoms. The molecule has 5 heteroatoms. The zero-order valence-corrected chi connectivity index (χ0v) is 38.0. The quantitative estimate of drug-likeness (QED) is 0.143. The van der Waals surface area contributed by atoms with E-state index < -0.39 is 0 Å². The van der Waals surface area contributed by atoms with Crippen LogP contribution in [-0.4, -0.2) is 0 Å².